The molecule has 3 aromatic rings. The minimum Gasteiger partial charge on any atom is -0.332 e. The lowest BCUT2D eigenvalue weighted by atomic mass is 10.1. The summed E-state index contributed by atoms with van der Waals surface area (Å²) in [6, 6.07) is 26.6. The van der Waals surface area contributed by atoms with Gasteiger partial charge in [-0.1, -0.05) is 78.9 Å². The van der Waals surface area contributed by atoms with E-state index in [9.17, 15) is 13.2 Å². The Kier molecular flexibility index (Phi) is 6.90. The number of amides is 1. The van der Waals surface area contributed by atoms with Crippen LogP contribution in [0.25, 0.3) is 0 Å². The van der Waals surface area contributed by atoms with E-state index < -0.39 is 10.0 Å². The number of anilines is 1. The minimum absolute atomic E-state index is 0.247. The molecule has 5 nitrogen and oxygen atoms in total. The maximum Gasteiger partial charge on any atom is 0.243 e. The van der Waals surface area contributed by atoms with Gasteiger partial charge in [0.25, 0.3) is 0 Å². The summed E-state index contributed by atoms with van der Waals surface area (Å²) in [4.78, 5) is 15.0. The molecule has 30 heavy (non-hydrogen) atoms. The van der Waals surface area contributed by atoms with Gasteiger partial charge >= 0.3 is 0 Å². The first-order valence-corrected chi connectivity index (χ1v) is 11.6. The first-order valence-electron chi connectivity index (χ1n) is 9.73. The first kappa shape index (κ1) is 21.6. The van der Waals surface area contributed by atoms with Crippen LogP contribution in [0.2, 0.25) is 0 Å². The van der Waals surface area contributed by atoms with Crippen molar-refractivity contribution in [3.63, 3.8) is 0 Å². The van der Waals surface area contributed by atoms with E-state index in [4.69, 9.17) is 0 Å². The molecule has 0 spiro atoms. The lowest BCUT2D eigenvalue weighted by molar-refractivity contribution is -0.130. The van der Waals surface area contributed by atoms with Crippen LogP contribution in [0.4, 0.5) is 5.69 Å². The molecule has 0 fully saturated rings. The summed E-state index contributed by atoms with van der Waals surface area (Å²) in [5.41, 5.74) is 3.30. The summed E-state index contributed by atoms with van der Waals surface area (Å²) in [5, 5.41) is 0. The Hall–Kier alpha value is -3.12. The van der Waals surface area contributed by atoms with Crippen molar-refractivity contribution >= 4 is 21.6 Å². The number of hydrogen-bond acceptors (Lipinski definition) is 3. The zero-order valence-electron chi connectivity index (χ0n) is 17.2. The topological polar surface area (TPSA) is 57.7 Å². The molecule has 0 aromatic heterocycles. The standard InChI is InChI=1S/C24H26N2O3S/c1-20-11-9-10-16-23(20)26(30(2,28)29)19-24(27)25(17-21-12-5-3-6-13-21)18-22-14-7-4-8-15-22/h3-16H,17-19H2,1-2H3. The predicted molar refractivity (Wildman–Crippen MR) is 121 cm³/mol. The van der Waals surface area contributed by atoms with Crippen LogP contribution in [0.3, 0.4) is 0 Å². The molecule has 0 saturated carbocycles. The summed E-state index contributed by atoms with van der Waals surface area (Å²) in [6.45, 7) is 2.40. The normalized spacial score (nSPS) is 11.1. The van der Waals surface area contributed by atoms with Gasteiger partial charge in [-0.15, -0.1) is 0 Å². The van der Waals surface area contributed by atoms with Crippen molar-refractivity contribution in [2.45, 2.75) is 20.0 Å². The maximum absolute atomic E-state index is 13.3. The van der Waals surface area contributed by atoms with Crippen LogP contribution in [-0.4, -0.2) is 32.0 Å². The fraction of sp³-hybridized carbons (Fsp3) is 0.208. The summed E-state index contributed by atoms with van der Waals surface area (Å²) in [7, 11) is -3.63. The second-order valence-corrected chi connectivity index (χ2v) is 9.18. The van der Waals surface area contributed by atoms with Crippen molar-refractivity contribution < 1.29 is 13.2 Å². The van der Waals surface area contributed by atoms with E-state index in [1.807, 2.05) is 79.7 Å². The van der Waals surface area contributed by atoms with E-state index in [1.54, 1.807) is 17.0 Å². The highest BCUT2D eigenvalue weighted by Gasteiger charge is 2.25. The maximum atomic E-state index is 13.3. The molecule has 6 heteroatoms. The molecule has 0 saturated heterocycles. The van der Waals surface area contributed by atoms with Crippen molar-refractivity contribution in [1.82, 2.24) is 4.90 Å². The molecule has 0 N–H and O–H groups in total. The minimum atomic E-state index is -3.63. The Balaban J connectivity index is 1.89. The number of hydrogen-bond donors (Lipinski definition) is 0. The zero-order chi connectivity index (χ0) is 21.6. The average Bonchev–Trinajstić information content (AvgIpc) is 2.73. The smallest absolute Gasteiger partial charge is 0.243 e. The summed E-state index contributed by atoms with van der Waals surface area (Å²) < 4.78 is 26.2. The van der Waals surface area contributed by atoms with Gasteiger partial charge in [-0.2, -0.15) is 0 Å². The Morgan fingerprint density at radius 3 is 1.70 bits per heavy atom. The molecular weight excluding hydrogens is 396 g/mol. The second kappa shape index (κ2) is 9.59. The third-order valence-corrected chi connectivity index (χ3v) is 5.98. The van der Waals surface area contributed by atoms with E-state index in [-0.39, 0.29) is 12.5 Å². The van der Waals surface area contributed by atoms with Crippen LogP contribution in [0.15, 0.2) is 84.9 Å². The van der Waals surface area contributed by atoms with Crippen molar-refractivity contribution in [2.24, 2.45) is 0 Å². The summed E-state index contributed by atoms with van der Waals surface area (Å²) in [6.07, 6.45) is 1.13. The first-order chi connectivity index (χ1) is 14.3. The SMILES string of the molecule is Cc1ccccc1N(CC(=O)N(Cc1ccccc1)Cc1ccccc1)S(C)(=O)=O. The average molecular weight is 423 g/mol. The molecule has 156 valence electrons. The van der Waals surface area contributed by atoms with Crippen molar-refractivity contribution in [2.75, 3.05) is 17.1 Å². The number of carbonyl (C=O) groups is 1. The largest absolute Gasteiger partial charge is 0.332 e. The number of rotatable bonds is 8. The number of carbonyl (C=O) groups excluding carboxylic acids is 1. The van der Waals surface area contributed by atoms with E-state index in [0.717, 1.165) is 22.9 Å². The Morgan fingerprint density at radius 2 is 1.23 bits per heavy atom. The molecule has 0 aliphatic rings. The number of nitrogens with zero attached hydrogens (tertiary/aromatic N) is 2. The lowest BCUT2D eigenvalue weighted by Gasteiger charge is -2.28. The van der Waals surface area contributed by atoms with Crippen LogP contribution < -0.4 is 4.31 Å². The van der Waals surface area contributed by atoms with E-state index in [0.29, 0.717) is 18.8 Å². The van der Waals surface area contributed by atoms with Gasteiger partial charge in [0.1, 0.15) is 6.54 Å². The monoisotopic (exact) mass is 422 g/mol. The van der Waals surface area contributed by atoms with Gasteiger partial charge in [0.2, 0.25) is 15.9 Å². The summed E-state index contributed by atoms with van der Waals surface area (Å²) in [5.74, 6) is -0.253. The van der Waals surface area contributed by atoms with Crippen LogP contribution in [0.1, 0.15) is 16.7 Å². The number of para-hydroxylation sites is 1. The molecule has 0 aliphatic heterocycles. The molecule has 3 rings (SSSR count). The van der Waals surface area contributed by atoms with Crippen LogP contribution in [-0.2, 0) is 27.9 Å². The number of benzene rings is 3. The van der Waals surface area contributed by atoms with Crippen molar-refractivity contribution in [3.8, 4) is 0 Å². The van der Waals surface area contributed by atoms with E-state index in [1.165, 1.54) is 4.31 Å². The van der Waals surface area contributed by atoms with Crippen LogP contribution in [0.5, 0.6) is 0 Å². The molecule has 1 amide bonds. The van der Waals surface area contributed by atoms with Gasteiger partial charge in [-0.25, -0.2) is 8.42 Å². The Labute approximate surface area is 178 Å². The molecule has 0 atom stereocenters. The van der Waals surface area contributed by atoms with Gasteiger partial charge in [0.15, 0.2) is 0 Å². The third kappa shape index (κ3) is 5.70. The highest BCUT2D eigenvalue weighted by Crippen LogP contribution is 2.22. The lowest BCUT2D eigenvalue weighted by Crippen LogP contribution is -2.42. The number of sulfonamides is 1. The van der Waals surface area contributed by atoms with Gasteiger partial charge in [0, 0.05) is 13.1 Å². The number of aryl methyl sites for hydroxylation is 1. The third-order valence-electron chi connectivity index (χ3n) is 4.85. The van der Waals surface area contributed by atoms with Crippen molar-refractivity contribution in [3.05, 3.63) is 102 Å². The van der Waals surface area contributed by atoms with Gasteiger partial charge < -0.3 is 4.90 Å². The molecule has 0 heterocycles. The second-order valence-electron chi connectivity index (χ2n) is 7.28. The van der Waals surface area contributed by atoms with Gasteiger partial charge in [0.05, 0.1) is 11.9 Å². The molecule has 0 aliphatic carbocycles. The summed E-state index contributed by atoms with van der Waals surface area (Å²) >= 11 is 0. The fourth-order valence-electron chi connectivity index (χ4n) is 3.29. The molecule has 0 bridgehead atoms. The highest BCUT2D eigenvalue weighted by atomic mass is 32.2. The van der Waals surface area contributed by atoms with Crippen molar-refractivity contribution in [1.29, 1.82) is 0 Å². The fourth-order valence-corrected chi connectivity index (χ4v) is 4.19. The molecule has 3 aromatic carbocycles. The molecule has 0 radical (unpaired) electrons. The predicted octanol–water partition coefficient (Wildman–Crippen LogP) is 3.99. The van der Waals surface area contributed by atoms with Gasteiger partial charge in [-0.05, 0) is 29.7 Å². The highest BCUT2D eigenvalue weighted by molar-refractivity contribution is 7.92. The molecule has 0 unspecified atom stereocenters. The van der Waals surface area contributed by atoms with E-state index >= 15 is 0 Å². The Morgan fingerprint density at radius 1 is 0.767 bits per heavy atom. The molecular formula is C24H26N2O3S. The quantitative estimate of drug-likeness (QED) is 0.552. The van der Waals surface area contributed by atoms with E-state index in [2.05, 4.69) is 0 Å². The van der Waals surface area contributed by atoms with Crippen LogP contribution in [0, 0.1) is 6.92 Å². The Bertz CT molecular complexity index is 1040. The zero-order valence-corrected chi connectivity index (χ0v) is 18.0. The van der Waals surface area contributed by atoms with Gasteiger partial charge in [-0.3, -0.25) is 9.10 Å². The van der Waals surface area contributed by atoms with Crippen LogP contribution >= 0.6 is 0 Å².